The van der Waals surface area contributed by atoms with Crippen LogP contribution in [0.2, 0.25) is 0 Å². The van der Waals surface area contributed by atoms with Crippen molar-refractivity contribution >= 4 is 12.0 Å². The summed E-state index contributed by atoms with van der Waals surface area (Å²) in [5, 5.41) is 0. The SMILES string of the molecule is CCOC(=O)/C=C/c1cnc(-c2cc(C34CC5CC(CC(C5)C3)C4)c(OCc3ccccc3)cc2OC)nc1. The van der Waals surface area contributed by atoms with E-state index in [0.29, 0.717) is 24.8 Å². The van der Waals surface area contributed by atoms with Gasteiger partial charge < -0.3 is 14.2 Å². The molecule has 0 aliphatic heterocycles. The van der Waals surface area contributed by atoms with Crippen molar-refractivity contribution in [2.45, 2.75) is 57.5 Å². The third-order valence-corrected chi connectivity index (χ3v) is 8.76. The molecule has 4 aliphatic rings. The van der Waals surface area contributed by atoms with Gasteiger partial charge in [0.15, 0.2) is 5.82 Å². The molecule has 0 N–H and O–H groups in total. The number of esters is 1. The number of rotatable bonds is 9. The predicted octanol–water partition coefficient (Wildman–Crippen LogP) is 6.78. The molecule has 0 radical (unpaired) electrons. The zero-order valence-corrected chi connectivity index (χ0v) is 22.8. The second kappa shape index (κ2) is 10.8. The number of carbonyl (C=O) groups is 1. The van der Waals surface area contributed by atoms with Crippen molar-refractivity contribution in [1.29, 1.82) is 0 Å². The monoisotopic (exact) mass is 524 g/mol. The van der Waals surface area contributed by atoms with Gasteiger partial charge in [-0.1, -0.05) is 30.3 Å². The molecule has 0 saturated heterocycles. The Kier molecular flexibility index (Phi) is 7.11. The Hall–Kier alpha value is -3.67. The van der Waals surface area contributed by atoms with E-state index in [1.54, 1.807) is 32.5 Å². The lowest BCUT2D eigenvalue weighted by Gasteiger charge is -2.57. The van der Waals surface area contributed by atoms with Crippen LogP contribution < -0.4 is 9.47 Å². The zero-order chi connectivity index (χ0) is 26.8. The highest BCUT2D eigenvalue weighted by Crippen LogP contribution is 2.62. The van der Waals surface area contributed by atoms with Gasteiger partial charge in [0.2, 0.25) is 0 Å². The molecule has 6 nitrogen and oxygen atoms in total. The number of ether oxygens (including phenoxy) is 3. The van der Waals surface area contributed by atoms with Gasteiger partial charge in [0, 0.05) is 35.7 Å². The Bertz CT molecular complexity index is 1310. The molecule has 0 unspecified atom stereocenters. The first-order valence-electron chi connectivity index (χ1n) is 14.1. The van der Waals surface area contributed by atoms with E-state index in [4.69, 9.17) is 14.2 Å². The highest BCUT2D eigenvalue weighted by atomic mass is 16.5. The van der Waals surface area contributed by atoms with Crippen LogP contribution in [0.4, 0.5) is 0 Å². The van der Waals surface area contributed by atoms with Gasteiger partial charge in [0.1, 0.15) is 18.1 Å². The molecule has 3 aromatic rings. The molecule has 39 heavy (non-hydrogen) atoms. The Morgan fingerprint density at radius 2 is 1.64 bits per heavy atom. The summed E-state index contributed by atoms with van der Waals surface area (Å²) >= 11 is 0. The number of aromatic nitrogens is 2. The maximum atomic E-state index is 11.7. The van der Waals surface area contributed by atoms with Gasteiger partial charge in [-0.15, -0.1) is 0 Å². The van der Waals surface area contributed by atoms with Crippen LogP contribution in [0.25, 0.3) is 17.5 Å². The molecule has 0 spiro atoms. The summed E-state index contributed by atoms with van der Waals surface area (Å²) in [5.41, 5.74) is 4.16. The van der Waals surface area contributed by atoms with E-state index in [1.807, 2.05) is 24.3 Å². The van der Waals surface area contributed by atoms with E-state index in [2.05, 4.69) is 28.2 Å². The molecule has 0 amide bonds. The maximum Gasteiger partial charge on any atom is 0.330 e. The van der Waals surface area contributed by atoms with Crippen LogP contribution in [0, 0.1) is 17.8 Å². The van der Waals surface area contributed by atoms with Gasteiger partial charge in [0.25, 0.3) is 0 Å². The Morgan fingerprint density at radius 1 is 0.974 bits per heavy atom. The Morgan fingerprint density at radius 3 is 2.26 bits per heavy atom. The average molecular weight is 525 g/mol. The van der Waals surface area contributed by atoms with Crippen LogP contribution in [-0.2, 0) is 21.6 Å². The maximum absolute atomic E-state index is 11.7. The third kappa shape index (κ3) is 5.29. The fourth-order valence-corrected chi connectivity index (χ4v) is 7.53. The van der Waals surface area contributed by atoms with Gasteiger partial charge in [-0.05, 0) is 86.3 Å². The molecule has 6 heteroatoms. The van der Waals surface area contributed by atoms with Crippen molar-refractivity contribution < 1.29 is 19.0 Å². The summed E-state index contributed by atoms with van der Waals surface area (Å²) < 4.78 is 17.4. The lowest BCUT2D eigenvalue weighted by molar-refractivity contribution is -0.137. The molecular formula is C33H36N2O4. The highest BCUT2D eigenvalue weighted by Gasteiger charge is 2.52. The van der Waals surface area contributed by atoms with E-state index in [-0.39, 0.29) is 11.4 Å². The van der Waals surface area contributed by atoms with Crippen molar-refractivity contribution in [2.75, 3.05) is 13.7 Å². The fourth-order valence-electron chi connectivity index (χ4n) is 7.53. The molecule has 4 bridgehead atoms. The van der Waals surface area contributed by atoms with Gasteiger partial charge in [-0.3, -0.25) is 0 Å². The second-order valence-corrected chi connectivity index (χ2v) is 11.4. The molecule has 4 aliphatic carbocycles. The number of benzene rings is 2. The standard InChI is InChI=1S/C33H36N2O4/c1-3-38-31(36)10-9-23-19-34-32(35-20-23)27-14-28(33-16-24-11-25(17-33)13-26(12-24)18-33)30(15-29(27)37-2)39-21-22-7-5-4-6-8-22/h4-10,14-15,19-20,24-26H,3,11-13,16-18,21H2,1-2H3/b10-9+. The quantitative estimate of drug-likeness (QED) is 0.227. The van der Waals surface area contributed by atoms with E-state index in [0.717, 1.165) is 40.2 Å². The van der Waals surface area contributed by atoms with Crippen molar-refractivity contribution in [3.63, 3.8) is 0 Å². The van der Waals surface area contributed by atoms with Crippen LogP contribution in [0.5, 0.6) is 11.5 Å². The smallest absolute Gasteiger partial charge is 0.330 e. The van der Waals surface area contributed by atoms with E-state index in [9.17, 15) is 4.79 Å². The average Bonchev–Trinajstić information content (AvgIpc) is 2.95. The van der Waals surface area contributed by atoms with Gasteiger partial charge in [-0.25, -0.2) is 14.8 Å². The van der Waals surface area contributed by atoms with Gasteiger partial charge in [0.05, 0.1) is 19.3 Å². The summed E-state index contributed by atoms with van der Waals surface area (Å²) in [4.78, 5) is 21.0. The van der Waals surface area contributed by atoms with Crippen LogP contribution >= 0.6 is 0 Å². The number of methoxy groups -OCH3 is 1. The number of hydrogen-bond donors (Lipinski definition) is 0. The van der Waals surface area contributed by atoms with Crippen molar-refractivity contribution in [3.8, 4) is 22.9 Å². The molecule has 4 fully saturated rings. The summed E-state index contributed by atoms with van der Waals surface area (Å²) in [7, 11) is 1.68. The van der Waals surface area contributed by atoms with Gasteiger partial charge >= 0.3 is 5.97 Å². The predicted molar refractivity (Wildman–Crippen MR) is 150 cm³/mol. The van der Waals surface area contributed by atoms with E-state index in [1.165, 1.54) is 50.2 Å². The minimum atomic E-state index is -0.380. The molecule has 202 valence electrons. The summed E-state index contributed by atoms with van der Waals surface area (Å²) in [6.45, 7) is 2.64. The topological polar surface area (TPSA) is 70.5 Å². The van der Waals surface area contributed by atoms with E-state index < -0.39 is 0 Å². The molecule has 2 aromatic carbocycles. The van der Waals surface area contributed by atoms with Crippen molar-refractivity contribution in [3.05, 3.63) is 77.6 Å². The Labute approximate surface area is 230 Å². The first kappa shape index (κ1) is 25.6. The molecular weight excluding hydrogens is 488 g/mol. The van der Waals surface area contributed by atoms with Crippen molar-refractivity contribution in [2.24, 2.45) is 17.8 Å². The van der Waals surface area contributed by atoms with Crippen LogP contribution in [0.3, 0.4) is 0 Å². The van der Waals surface area contributed by atoms with Crippen molar-refractivity contribution in [1.82, 2.24) is 9.97 Å². The summed E-state index contributed by atoms with van der Waals surface area (Å²) in [6.07, 6.45) is 14.3. The first-order chi connectivity index (χ1) is 19.0. The molecule has 7 rings (SSSR count). The molecule has 1 aromatic heterocycles. The summed E-state index contributed by atoms with van der Waals surface area (Å²) in [6, 6.07) is 14.6. The van der Waals surface area contributed by atoms with Crippen LogP contribution in [0.15, 0.2) is 60.9 Å². The largest absolute Gasteiger partial charge is 0.496 e. The van der Waals surface area contributed by atoms with Gasteiger partial charge in [-0.2, -0.15) is 0 Å². The first-order valence-corrected chi connectivity index (χ1v) is 14.1. The molecule has 4 saturated carbocycles. The summed E-state index contributed by atoms with van der Waals surface area (Å²) in [5.74, 6) is 4.26. The minimum Gasteiger partial charge on any atom is -0.496 e. The number of hydrogen-bond acceptors (Lipinski definition) is 6. The minimum absolute atomic E-state index is 0.129. The second-order valence-electron chi connectivity index (χ2n) is 11.4. The normalized spacial score (nSPS) is 25.1. The number of carbonyl (C=O) groups excluding carboxylic acids is 1. The lowest BCUT2D eigenvalue weighted by atomic mass is 9.48. The van der Waals surface area contributed by atoms with Crippen LogP contribution in [0.1, 0.15) is 62.1 Å². The molecule has 0 atom stereocenters. The van der Waals surface area contributed by atoms with E-state index >= 15 is 0 Å². The molecule has 1 heterocycles. The fraction of sp³-hybridized carbons (Fsp3) is 0.424. The highest BCUT2D eigenvalue weighted by molar-refractivity contribution is 5.86. The lowest BCUT2D eigenvalue weighted by Crippen LogP contribution is -2.48. The Balaban J connectivity index is 1.37. The third-order valence-electron chi connectivity index (χ3n) is 8.76. The number of nitrogens with zero attached hydrogens (tertiary/aromatic N) is 2. The zero-order valence-electron chi connectivity index (χ0n) is 22.8. The van der Waals surface area contributed by atoms with Crippen LogP contribution in [-0.4, -0.2) is 29.7 Å².